The Morgan fingerprint density at radius 3 is 2.29 bits per heavy atom. The second-order valence-corrected chi connectivity index (χ2v) is 5.57. The fourth-order valence-corrected chi connectivity index (χ4v) is 2.25. The van der Waals surface area contributed by atoms with Gasteiger partial charge in [0.2, 0.25) is 5.91 Å². The topological polar surface area (TPSA) is 67.1 Å². The van der Waals surface area contributed by atoms with Crippen LogP contribution in [0.25, 0.3) is 0 Å². The zero-order valence-electron chi connectivity index (χ0n) is 12.9. The van der Waals surface area contributed by atoms with E-state index in [0.29, 0.717) is 12.5 Å². The Morgan fingerprint density at radius 2 is 1.79 bits per heavy atom. The molecule has 0 spiro atoms. The lowest BCUT2D eigenvalue weighted by Crippen LogP contribution is -2.44. The molecule has 1 aliphatic carbocycles. The first kappa shape index (κ1) is 23.0. The molecule has 4 N–H and O–H groups in total. The van der Waals surface area contributed by atoms with Gasteiger partial charge in [0.05, 0.1) is 6.54 Å². The third-order valence-corrected chi connectivity index (χ3v) is 3.69. The van der Waals surface area contributed by atoms with E-state index in [0.717, 1.165) is 12.8 Å². The van der Waals surface area contributed by atoms with Gasteiger partial charge in [-0.15, -0.1) is 24.8 Å². The van der Waals surface area contributed by atoms with Gasteiger partial charge in [0, 0.05) is 12.6 Å². The summed E-state index contributed by atoms with van der Waals surface area (Å²) in [6, 6.07) is 5.49. The molecule has 1 aromatic rings. The van der Waals surface area contributed by atoms with Gasteiger partial charge in [0.1, 0.15) is 6.04 Å². The zero-order valence-corrected chi connectivity index (χ0v) is 14.5. The number of nitrogens with two attached hydrogens (primary N) is 1. The van der Waals surface area contributed by atoms with Crippen LogP contribution in [-0.2, 0) is 4.79 Å². The van der Waals surface area contributed by atoms with E-state index in [4.69, 9.17) is 5.73 Å². The van der Waals surface area contributed by atoms with Crippen molar-refractivity contribution < 1.29 is 18.0 Å². The highest BCUT2D eigenvalue weighted by atomic mass is 35.5. The van der Waals surface area contributed by atoms with Crippen molar-refractivity contribution in [3.8, 4) is 0 Å². The van der Waals surface area contributed by atoms with Crippen molar-refractivity contribution >= 4 is 30.7 Å². The lowest BCUT2D eigenvalue weighted by atomic mass is 10.1. The van der Waals surface area contributed by atoms with E-state index in [2.05, 4.69) is 10.6 Å². The number of alkyl halides is 3. The maximum absolute atomic E-state index is 13.1. The van der Waals surface area contributed by atoms with Crippen LogP contribution in [0.3, 0.4) is 0 Å². The van der Waals surface area contributed by atoms with E-state index in [1.807, 2.05) is 0 Å². The van der Waals surface area contributed by atoms with E-state index < -0.39 is 24.7 Å². The molecule has 0 heterocycles. The molecular weight excluding hydrogens is 366 g/mol. The number of hydrogen-bond donors (Lipinski definition) is 3. The molecule has 24 heavy (non-hydrogen) atoms. The fraction of sp³-hybridized carbons (Fsp3) is 0.533. The summed E-state index contributed by atoms with van der Waals surface area (Å²) in [5, 5.41) is 4.83. The van der Waals surface area contributed by atoms with E-state index in [1.165, 1.54) is 24.3 Å². The molecule has 1 fully saturated rings. The number of halogens is 5. The minimum absolute atomic E-state index is 0. The standard InChI is InChI=1S/C15H20F3N3O.2ClH/c16-15(17,18)14(11-4-2-1-3-5-11)21-9-13(22)20-8-12(19)10-6-7-10;;/h1-5,10,12,14,21H,6-9,19H2,(H,20,22);2*1H. The van der Waals surface area contributed by atoms with Crippen LogP contribution in [0.5, 0.6) is 0 Å². The third kappa shape index (κ3) is 7.25. The van der Waals surface area contributed by atoms with Gasteiger partial charge in [-0.05, 0) is 24.3 Å². The summed E-state index contributed by atoms with van der Waals surface area (Å²) in [5.41, 5.74) is 5.91. The summed E-state index contributed by atoms with van der Waals surface area (Å²) in [6.07, 6.45) is -2.36. The van der Waals surface area contributed by atoms with E-state index in [-0.39, 0.29) is 36.4 Å². The predicted molar refractivity (Wildman–Crippen MR) is 91.4 cm³/mol. The highest BCUT2D eigenvalue weighted by Crippen LogP contribution is 2.32. The van der Waals surface area contributed by atoms with Gasteiger partial charge in [0.25, 0.3) is 0 Å². The average Bonchev–Trinajstić information content (AvgIpc) is 3.29. The van der Waals surface area contributed by atoms with Gasteiger partial charge in [-0.1, -0.05) is 30.3 Å². The van der Waals surface area contributed by atoms with Crippen molar-refractivity contribution in [3.05, 3.63) is 35.9 Å². The highest BCUT2D eigenvalue weighted by molar-refractivity contribution is 5.85. The van der Waals surface area contributed by atoms with E-state index in [1.54, 1.807) is 6.07 Å². The Morgan fingerprint density at radius 1 is 1.21 bits per heavy atom. The van der Waals surface area contributed by atoms with Crippen LogP contribution in [0.15, 0.2) is 30.3 Å². The molecular formula is C15H22Cl2F3N3O. The Balaban J connectivity index is 0.00000264. The van der Waals surface area contributed by atoms with Crippen molar-refractivity contribution in [1.29, 1.82) is 0 Å². The molecule has 1 saturated carbocycles. The number of benzene rings is 1. The maximum atomic E-state index is 13.1. The van der Waals surface area contributed by atoms with Crippen LogP contribution in [-0.4, -0.2) is 31.2 Å². The first-order valence-electron chi connectivity index (χ1n) is 7.25. The molecule has 4 nitrogen and oxygen atoms in total. The second kappa shape index (κ2) is 10.1. The number of amides is 1. The minimum atomic E-state index is -4.47. The number of hydrogen-bond acceptors (Lipinski definition) is 3. The van der Waals surface area contributed by atoms with Crippen molar-refractivity contribution in [3.63, 3.8) is 0 Å². The summed E-state index contributed by atoms with van der Waals surface area (Å²) >= 11 is 0. The quantitative estimate of drug-likeness (QED) is 0.673. The van der Waals surface area contributed by atoms with Gasteiger partial charge < -0.3 is 11.1 Å². The molecule has 0 aliphatic heterocycles. The molecule has 0 saturated heterocycles. The average molecular weight is 388 g/mol. The lowest BCUT2D eigenvalue weighted by molar-refractivity contribution is -0.158. The van der Waals surface area contributed by atoms with Crippen LogP contribution in [0.4, 0.5) is 13.2 Å². The lowest BCUT2D eigenvalue weighted by Gasteiger charge is -2.22. The monoisotopic (exact) mass is 387 g/mol. The Bertz CT molecular complexity index is 498. The van der Waals surface area contributed by atoms with E-state index >= 15 is 0 Å². The minimum Gasteiger partial charge on any atom is -0.353 e. The van der Waals surface area contributed by atoms with Crippen molar-refractivity contribution in [2.24, 2.45) is 11.7 Å². The first-order valence-corrected chi connectivity index (χ1v) is 7.25. The number of carbonyl (C=O) groups excluding carboxylic acids is 1. The van der Waals surface area contributed by atoms with Gasteiger partial charge in [0.15, 0.2) is 0 Å². The summed E-state index contributed by atoms with van der Waals surface area (Å²) in [4.78, 5) is 11.7. The van der Waals surface area contributed by atoms with Crippen molar-refractivity contribution in [2.45, 2.75) is 31.1 Å². The maximum Gasteiger partial charge on any atom is 0.407 e. The molecule has 1 amide bonds. The van der Waals surface area contributed by atoms with Gasteiger partial charge in [-0.25, -0.2) is 0 Å². The summed E-state index contributed by atoms with van der Waals surface area (Å²) in [6.45, 7) is -0.107. The molecule has 1 aromatic carbocycles. The second-order valence-electron chi connectivity index (χ2n) is 5.57. The molecule has 0 aromatic heterocycles. The van der Waals surface area contributed by atoms with E-state index in [9.17, 15) is 18.0 Å². The molecule has 2 rings (SSSR count). The van der Waals surface area contributed by atoms with Crippen LogP contribution < -0.4 is 16.4 Å². The molecule has 0 bridgehead atoms. The Kier molecular flexibility index (Phi) is 9.65. The fourth-order valence-electron chi connectivity index (χ4n) is 2.25. The van der Waals surface area contributed by atoms with Crippen molar-refractivity contribution in [1.82, 2.24) is 10.6 Å². The van der Waals surface area contributed by atoms with Crippen LogP contribution in [0.1, 0.15) is 24.4 Å². The Hall–Kier alpha value is -1.02. The number of carbonyl (C=O) groups is 1. The summed E-state index contributed by atoms with van der Waals surface area (Å²) in [5.74, 6) is -0.0539. The molecule has 1 aliphatic rings. The molecule has 2 atom stereocenters. The third-order valence-electron chi connectivity index (χ3n) is 3.69. The zero-order chi connectivity index (χ0) is 16.2. The predicted octanol–water partition coefficient (Wildman–Crippen LogP) is 2.58. The summed E-state index contributed by atoms with van der Waals surface area (Å²) < 4.78 is 39.2. The first-order chi connectivity index (χ1) is 10.4. The van der Waals surface area contributed by atoms with Gasteiger partial charge in [-0.3, -0.25) is 10.1 Å². The number of nitrogens with one attached hydrogen (secondary N) is 2. The SMILES string of the molecule is Cl.Cl.NC(CNC(=O)CNC(c1ccccc1)C(F)(F)F)C1CC1. The summed E-state index contributed by atoms with van der Waals surface area (Å²) in [7, 11) is 0. The Labute approximate surface area is 151 Å². The molecule has 9 heteroatoms. The highest BCUT2D eigenvalue weighted by Gasteiger charge is 2.40. The van der Waals surface area contributed by atoms with Crippen LogP contribution >= 0.6 is 24.8 Å². The molecule has 0 radical (unpaired) electrons. The smallest absolute Gasteiger partial charge is 0.353 e. The number of rotatable bonds is 7. The normalized spacial score (nSPS) is 16.3. The molecule has 2 unspecified atom stereocenters. The van der Waals surface area contributed by atoms with Crippen molar-refractivity contribution in [2.75, 3.05) is 13.1 Å². The van der Waals surface area contributed by atoms with Crippen LogP contribution in [0, 0.1) is 5.92 Å². The molecule has 138 valence electrons. The van der Waals surface area contributed by atoms with Gasteiger partial charge in [-0.2, -0.15) is 13.2 Å². The van der Waals surface area contributed by atoms with Crippen LogP contribution in [0.2, 0.25) is 0 Å². The largest absolute Gasteiger partial charge is 0.407 e. The van der Waals surface area contributed by atoms with Gasteiger partial charge >= 0.3 is 6.18 Å².